The van der Waals surface area contributed by atoms with E-state index in [0.29, 0.717) is 19.8 Å². The van der Waals surface area contributed by atoms with Gasteiger partial charge in [0.05, 0.1) is 6.61 Å². The van der Waals surface area contributed by atoms with Crippen LogP contribution < -0.4 is 0 Å². The van der Waals surface area contributed by atoms with E-state index in [9.17, 15) is 4.79 Å². The molecule has 19 heavy (non-hydrogen) atoms. The van der Waals surface area contributed by atoms with Gasteiger partial charge in [-0.2, -0.15) is 0 Å². The molecular weight excluding hydrogens is 260 g/mol. The molecule has 0 aliphatic heterocycles. The second-order valence-corrected chi connectivity index (χ2v) is 7.70. The van der Waals surface area contributed by atoms with E-state index in [1.165, 1.54) is 6.08 Å². The van der Waals surface area contributed by atoms with Crippen molar-refractivity contribution >= 4 is 14.5 Å². The molecule has 0 N–H and O–H groups in total. The lowest BCUT2D eigenvalue weighted by Crippen LogP contribution is -2.42. The summed E-state index contributed by atoms with van der Waals surface area (Å²) in [5.74, 6) is -0.280. The van der Waals surface area contributed by atoms with Crippen molar-refractivity contribution in [3.8, 4) is 0 Å². The summed E-state index contributed by atoms with van der Waals surface area (Å²) in [5, 5.41) is 0. The van der Waals surface area contributed by atoms with E-state index in [0.717, 1.165) is 24.9 Å². The molecule has 0 rings (SSSR count). The average molecular weight is 288 g/mol. The lowest BCUT2D eigenvalue weighted by atomic mass is 10.5. The first-order valence-electron chi connectivity index (χ1n) is 7.21. The van der Waals surface area contributed by atoms with Crippen molar-refractivity contribution in [2.45, 2.75) is 52.6 Å². The first-order chi connectivity index (χ1) is 9.14. The van der Waals surface area contributed by atoms with Gasteiger partial charge in [0, 0.05) is 19.3 Å². The third-order valence-electron chi connectivity index (χ3n) is 2.69. The topological polar surface area (TPSA) is 44.8 Å². The standard InChI is InChI=1S/C14H28O4Si/c1-5-10-14(15)16-11-9-13-19(12-6-2,17-7-3)18-8-4/h5,10H,6-9,11-13H2,1-4H3. The molecule has 0 aromatic carbocycles. The molecule has 0 spiro atoms. The van der Waals surface area contributed by atoms with Crippen LogP contribution in [0.15, 0.2) is 12.2 Å². The van der Waals surface area contributed by atoms with Crippen molar-refractivity contribution in [3.05, 3.63) is 12.2 Å². The normalized spacial score (nSPS) is 12.0. The lowest BCUT2D eigenvalue weighted by Gasteiger charge is -2.29. The number of hydrogen-bond donors (Lipinski definition) is 0. The lowest BCUT2D eigenvalue weighted by molar-refractivity contribution is -0.137. The van der Waals surface area contributed by atoms with Gasteiger partial charge in [-0.05, 0) is 39.3 Å². The van der Waals surface area contributed by atoms with Crippen LogP contribution in [0.1, 0.15) is 40.5 Å². The summed E-state index contributed by atoms with van der Waals surface area (Å²) in [5.41, 5.74) is 0. The van der Waals surface area contributed by atoms with Crippen LogP contribution in [0.2, 0.25) is 12.1 Å². The molecule has 112 valence electrons. The first-order valence-corrected chi connectivity index (χ1v) is 9.44. The molecule has 0 aromatic rings. The molecule has 0 aromatic heterocycles. The van der Waals surface area contributed by atoms with Gasteiger partial charge < -0.3 is 13.6 Å². The van der Waals surface area contributed by atoms with Gasteiger partial charge in [0.1, 0.15) is 0 Å². The monoisotopic (exact) mass is 288 g/mol. The highest BCUT2D eigenvalue weighted by Gasteiger charge is 2.35. The van der Waals surface area contributed by atoms with Crippen molar-refractivity contribution in [2.24, 2.45) is 0 Å². The predicted octanol–water partition coefficient (Wildman–Crippen LogP) is 3.42. The number of esters is 1. The van der Waals surface area contributed by atoms with Crippen LogP contribution in [0.3, 0.4) is 0 Å². The maximum Gasteiger partial charge on any atom is 0.338 e. The Morgan fingerprint density at radius 2 is 1.74 bits per heavy atom. The molecule has 0 amide bonds. The minimum Gasteiger partial charge on any atom is -0.463 e. The number of rotatable bonds is 11. The van der Waals surface area contributed by atoms with Crippen LogP contribution in [0.4, 0.5) is 0 Å². The van der Waals surface area contributed by atoms with E-state index >= 15 is 0 Å². The maximum atomic E-state index is 11.2. The molecular formula is C14H28O4Si. The fourth-order valence-corrected chi connectivity index (χ4v) is 5.47. The van der Waals surface area contributed by atoms with E-state index in [2.05, 4.69) is 6.92 Å². The van der Waals surface area contributed by atoms with Crippen molar-refractivity contribution in [3.63, 3.8) is 0 Å². The summed E-state index contributed by atoms with van der Waals surface area (Å²) >= 11 is 0. The van der Waals surface area contributed by atoms with Crippen molar-refractivity contribution < 1.29 is 18.4 Å². The minimum absolute atomic E-state index is 0.280. The number of carbonyl (C=O) groups excluding carboxylic acids is 1. The number of allylic oxidation sites excluding steroid dienone is 1. The number of hydrogen-bond acceptors (Lipinski definition) is 4. The predicted molar refractivity (Wildman–Crippen MR) is 79.3 cm³/mol. The zero-order valence-electron chi connectivity index (χ0n) is 12.7. The van der Waals surface area contributed by atoms with Gasteiger partial charge in [0.15, 0.2) is 0 Å². The summed E-state index contributed by atoms with van der Waals surface area (Å²) in [6.07, 6.45) is 4.97. The molecule has 4 nitrogen and oxygen atoms in total. The Morgan fingerprint density at radius 3 is 2.21 bits per heavy atom. The third-order valence-corrected chi connectivity index (χ3v) is 6.70. The van der Waals surface area contributed by atoms with Gasteiger partial charge in [-0.25, -0.2) is 4.79 Å². The second kappa shape index (κ2) is 11.2. The summed E-state index contributed by atoms with van der Waals surface area (Å²) in [6.45, 7) is 9.75. The van der Waals surface area contributed by atoms with Gasteiger partial charge >= 0.3 is 14.5 Å². The second-order valence-electron chi connectivity index (χ2n) is 4.30. The van der Waals surface area contributed by atoms with E-state index in [1.807, 2.05) is 13.8 Å². The fraction of sp³-hybridized carbons (Fsp3) is 0.786. The van der Waals surface area contributed by atoms with Crippen molar-refractivity contribution in [1.29, 1.82) is 0 Å². The Balaban J connectivity index is 4.20. The Bertz CT molecular complexity index is 249. The van der Waals surface area contributed by atoms with Crippen LogP contribution in [0.25, 0.3) is 0 Å². The minimum atomic E-state index is -2.10. The smallest absolute Gasteiger partial charge is 0.338 e. The average Bonchev–Trinajstić information content (AvgIpc) is 2.36. The van der Waals surface area contributed by atoms with E-state index in [1.54, 1.807) is 13.0 Å². The van der Waals surface area contributed by atoms with E-state index in [4.69, 9.17) is 13.6 Å². The maximum absolute atomic E-state index is 11.2. The van der Waals surface area contributed by atoms with Crippen LogP contribution >= 0.6 is 0 Å². The highest BCUT2D eigenvalue weighted by Crippen LogP contribution is 2.23. The highest BCUT2D eigenvalue weighted by atomic mass is 28.4. The van der Waals surface area contributed by atoms with Gasteiger partial charge in [0.25, 0.3) is 0 Å². The fourth-order valence-electron chi connectivity index (χ4n) is 2.06. The molecule has 0 aliphatic rings. The summed E-state index contributed by atoms with van der Waals surface area (Å²) < 4.78 is 17.0. The molecule has 5 heteroatoms. The third kappa shape index (κ3) is 8.18. The first kappa shape index (κ1) is 18.3. The zero-order valence-corrected chi connectivity index (χ0v) is 13.7. The van der Waals surface area contributed by atoms with Crippen LogP contribution in [0.5, 0.6) is 0 Å². The SMILES string of the molecule is CC=CC(=O)OCCC[Si](CCC)(OCC)OCC. The van der Waals surface area contributed by atoms with E-state index in [-0.39, 0.29) is 5.97 Å². The summed E-state index contributed by atoms with van der Waals surface area (Å²) in [7, 11) is -2.10. The molecule has 0 atom stereocenters. The molecule has 0 bridgehead atoms. The Morgan fingerprint density at radius 1 is 1.11 bits per heavy atom. The quantitative estimate of drug-likeness (QED) is 0.253. The molecule has 0 fully saturated rings. The van der Waals surface area contributed by atoms with Crippen LogP contribution in [-0.4, -0.2) is 34.4 Å². The molecule has 0 saturated heterocycles. The Hall–Kier alpha value is -0.653. The summed E-state index contributed by atoms with van der Waals surface area (Å²) in [4.78, 5) is 11.2. The molecule has 0 saturated carbocycles. The number of carbonyl (C=O) groups is 1. The van der Waals surface area contributed by atoms with Gasteiger partial charge in [0.2, 0.25) is 0 Å². The molecule has 0 aliphatic carbocycles. The van der Waals surface area contributed by atoms with Gasteiger partial charge in [-0.1, -0.05) is 19.4 Å². The van der Waals surface area contributed by atoms with Gasteiger partial charge in [-0.15, -0.1) is 0 Å². The Labute approximate surface area is 118 Å². The van der Waals surface area contributed by atoms with E-state index < -0.39 is 8.56 Å². The van der Waals surface area contributed by atoms with Gasteiger partial charge in [-0.3, -0.25) is 0 Å². The molecule has 0 unspecified atom stereocenters. The summed E-state index contributed by atoms with van der Waals surface area (Å²) in [6, 6.07) is 1.88. The van der Waals surface area contributed by atoms with Crippen molar-refractivity contribution in [1.82, 2.24) is 0 Å². The highest BCUT2D eigenvalue weighted by molar-refractivity contribution is 6.67. The molecule has 0 heterocycles. The zero-order chi connectivity index (χ0) is 14.6. The van der Waals surface area contributed by atoms with Crippen molar-refractivity contribution in [2.75, 3.05) is 19.8 Å². The van der Waals surface area contributed by atoms with Crippen LogP contribution in [0, 0.1) is 0 Å². The largest absolute Gasteiger partial charge is 0.463 e. The van der Waals surface area contributed by atoms with Crippen LogP contribution in [-0.2, 0) is 18.4 Å². The Kier molecular flexibility index (Phi) is 10.8. The molecule has 0 radical (unpaired) electrons. The number of ether oxygens (including phenoxy) is 1.